The molecule has 0 amide bonds. The number of ether oxygens (including phenoxy) is 2. The van der Waals surface area contributed by atoms with Gasteiger partial charge in [-0.15, -0.1) is 11.3 Å². The molecule has 1 fully saturated rings. The number of rotatable bonds is 5. The Bertz CT molecular complexity index is 1040. The summed E-state index contributed by atoms with van der Waals surface area (Å²) >= 11 is 0.712. The highest BCUT2D eigenvalue weighted by atomic mass is 32.1. The number of thiophene rings is 1. The second kappa shape index (κ2) is 7.50. The Labute approximate surface area is 166 Å². The summed E-state index contributed by atoms with van der Waals surface area (Å²) in [6.45, 7) is -0.578. The fraction of sp³-hybridized carbons (Fsp3) is 0.412. The Hall–Kier alpha value is -2.89. The van der Waals surface area contributed by atoms with Crippen molar-refractivity contribution in [3.63, 3.8) is 0 Å². The van der Waals surface area contributed by atoms with E-state index in [-0.39, 0.29) is 32.6 Å². The van der Waals surface area contributed by atoms with Crippen molar-refractivity contribution in [2.75, 3.05) is 20.0 Å². The van der Waals surface area contributed by atoms with Crippen LogP contribution in [0.25, 0.3) is 0 Å². The van der Waals surface area contributed by atoms with E-state index in [4.69, 9.17) is 5.73 Å². The largest absolute Gasteiger partial charge is 0.465 e. The number of nitrogens with two attached hydrogens (primary N) is 1. The zero-order valence-corrected chi connectivity index (χ0v) is 16.1. The maximum atomic E-state index is 13.4. The predicted molar refractivity (Wildman–Crippen MR) is 96.0 cm³/mol. The molecular formula is C17H16F3N3O5S. The molecule has 0 atom stereocenters. The monoisotopic (exact) mass is 431 g/mol. The molecule has 12 heteroatoms. The number of halogens is 3. The van der Waals surface area contributed by atoms with Gasteiger partial charge >= 0.3 is 18.1 Å². The van der Waals surface area contributed by atoms with Crippen molar-refractivity contribution < 1.29 is 32.2 Å². The number of carbonyl (C=O) groups is 2. The minimum atomic E-state index is -4.88. The van der Waals surface area contributed by atoms with Crippen molar-refractivity contribution in [1.29, 1.82) is 0 Å². The first-order valence-corrected chi connectivity index (χ1v) is 9.17. The van der Waals surface area contributed by atoms with Gasteiger partial charge in [-0.25, -0.2) is 14.3 Å². The molecule has 156 valence electrons. The van der Waals surface area contributed by atoms with Crippen LogP contribution in [0, 0.1) is 0 Å². The number of methoxy groups -OCH3 is 2. The highest BCUT2D eigenvalue weighted by molar-refractivity contribution is 7.18. The lowest BCUT2D eigenvalue weighted by Gasteiger charge is -2.13. The molecule has 0 bridgehead atoms. The quantitative estimate of drug-likeness (QED) is 0.723. The van der Waals surface area contributed by atoms with E-state index in [2.05, 4.69) is 14.6 Å². The molecule has 2 aromatic heterocycles. The van der Waals surface area contributed by atoms with Crippen LogP contribution in [0.15, 0.2) is 10.9 Å². The zero-order chi connectivity index (χ0) is 21.5. The van der Waals surface area contributed by atoms with Gasteiger partial charge in [0.15, 0.2) is 0 Å². The molecule has 0 unspecified atom stereocenters. The number of hydrogen-bond acceptors (Lipinski definition) is 8. The summed E-state index contributed by atoms with van der Waals surface area (Å²) < 4.78 is 50.0. The normalized spacial score (nSPS) is 14.0. The van der Waals surface area contributed by atoms with Gasteiger partial charge in [0.2, 0.25) is 0 Å². The fourth-order valence-corrected chi connectivity index (χ4v) is 3.81. The van der Waals surface area contributed by atoms with E-state index in [9.17, 15) is 27.6 Å². The van der Waals surface area contributed by atoms with Crippen LogP contribution in [0.4, 0.5) is 18.2 Å². The van der Waals surface area contributed by atoms with Gasteiger partial charge in [-0.2, -0.15) is 18.3 Å². The first-order chi connectivity index (χ1) is 13.6. The SMILES string of the molecule is COC(=O)c1sc(N)c(C(=O)OC)c1Cn1nc(C2CC2)cc(C(F)(F)F)c1=O. The van der Waals surface area contributed by atoms with E-state index in [1.807, 2.05) is 0 Å². The van der Waals surface area contributed by atoms with Crippen LogP contribution in [-0.4, -0.2) is 35.9 Å². The Morgan fingerprint density at radius 2 is 1.90 bits per heavy atom. The van der Waals surface area contributed by atoms with Crippen LogP contribution in [-0.2, 0) is 22.2 Å². The second-order valence-electron chi connectivity index (χ2n) is 6.35. The van der Waals surface area contributed by atoms with Crippen molar-refractivity contribution in [3.8, 4) is 0 Å². The molecule has 2 heterocycles. The van der Waals surface area contributed by atoms with Crippen molar-refractivity contribution >= 4 is 28.3 Å². The lowest BCUT2D eigenvalue weighted by molar-refractivity contribution is -0.139. The van der Waals surface area contributed by atoms with Gasteiger partial charge in [-0.3, -0.25) is 4.79 Å². The molecule has 0 aromatic carbocycles. The molecule has 1 aliphatic rings. The van der Waals surface area contributed by atoms with E-state index in [1.165, 1.54) is 0 Å². The molecular weight excluding hydrogens is 415 g/mol. The van der Waals surface area contributed by atoms with Gasteiger partial charge in [0.05, 0.1) is 32.0 Å². The molecule has 8 nitrogen and oxygen atoms in total. The maximum absolute atomic E-state index is 13.4. The smallest absolute Gasteiger partial charge is 0.421 e. The minimum absolute atomic E-state index is 0.0816. The summed E-state index contributed by atoms with van der Waals surface area (Å²) in [5.41, 5.74) is 2.89. The predicted octanol–water partition coefficient (Wildman–Crippen LogP) is 2.40. The van der Waals surface area contributed by atoms with Crippen molar-refractivity contribution in [3.05, 3.63) is 43.7 Å². The zero-order valence-electron chi connectivity index (χ0n) is 15.3. The summed E-state index contributed by atoms with van der Waals surface area (Å²) in [6.07, 6.45) is -3.56. The van der Waals surface area contributed by atoms with Gasteiger partial charge in [-0.05, 0) is 18.9 Å². The van der Waals surface area contributed by atoms with E-state index in [0.29, 0.717) is 28.9 Å². The van der Waals surface area contributed by atoms with Gasteiger partial charge in [0.25, 0.3) is 5.56 Å². The minimum Gasteiger partial charge on any atom is -0.465 e. The Balaban J connectivity index is 2.19. The van der Waals surface area contributed by atoms with E-state index in [0.717, 1.165) is 20.3 Å². The molecule has 3 rings (SSSR count). The maximum Gasteiger partial charge on any atom is 0.421 e. The molecule has 0 saturated heterocycles. The number of hydrogen-bond donors (Lipinski definition) is 1. The lowest BCUT2D eigenvalue weighted by Crippen LogP contribution is -2.32. The average molecular weight is 431 g/mol. The summed E-state index contributed by atoms with van der Waals surface area (Å²) in [6, 6.07) is 0.751. The third-order valence-electron chi connectivity index (χ3n) is 4.40. The third kappa shape index (κ3) is 3.97. The Morgan fingerprint density at radius 3 is 2.41 bits per heavy atom. The number of nitrogens with zero attached hydrogens (tertiary/aromatic N) is 2. The molecule has 29 heavy (non-hydrogen) atoms. The fourth-order valence-electron chi connectivity index (χ4n) is 2.82. The molecule has 2 N–H and O–H groups in total. The van der Waals surface area contributed by atoms with Gasteiger partial charge in [-0.1, -0.05) is 0 Å². The highest BCUT2D eigenvalue weighted by Gasteiger charge is 2.38. The standard InChI is InChI=1S/C17H16F3N3O5S/c1-27-15(25)11-8(12(16(26)28-2)29-13(11)21)6-23-14(24)9(17(18,19)20)5-10(22-23)7-3-4-7/h5,7H,3-4,6,21H2,1-2H3. The van der Waals surface area contributed by atoms with Crippen LogP contribution in [0.1, 0.15) is 55.6 Å². The Kier molecular flexibility index (Phi) is 5.39. The molecule has 0 aliphatic heterocycles. The van der Waals surface area contributed by atoms with E-state index < -0.39 is 35.8 Å². The first-order valence-electron chi connectivity index (χ1n) is 8.35. The van der Waals surface area contributed by atoms with Crippen LogP contribution in [0.2, 0.25) is 0 Å². The highest BCUT2D eigenvalue weighted by Crippen LogP contribution is 2.40. The van der Waals surface area contributed by atoms with Crippen LogP contribution in [0.3, 0.4) is 0 Å². The van der Waals surface area contributed by atoms with Crippen LogP contribution >= 0.6 is 11.3 Å². The summed E-state index contributed by atoms with van der Waals surface area (Å²) in [5, 5.41) is 3.94. The topological polar surface area (TPSA) is 114 Å². The van der Waals surface area contributed by atoms with Crippen molar-refractivity contribution in [2.24, 2.45) is 0 Å². The molecule has 1 saturated carbocycles. The number of nitrogen functional groups attached to an aromatic ring is 1. The number of alkyl halides is 3. The summed E-state index contributed by atoms with van der Waals surface area (Å²) in [4.78, 5) is 36.5. The molecule has 0 radical (unpaired) electrons. The first kappa shape index (κ1) is 20.8. The molecule has 2 aromatic rings. The third-order valence-corrected chi connectivity index (χ3v) is 5.44. The second-order valence-corrected chi connectivity index (χ2v) is 7.40. The molecule has 1 aliphatic carbocycles. The lowest BCUT2D eigenvalue weighted by atomic mass is 10.1. The number of anilines is 1. The van der Waals surface area contributed by atoms with Crippen molar-refractivity contribution in [1.82, 2.24) is 9.78 Å². The van der Waals surface area contributed by atoms with E-state index in [1.54, 1.807) is 0 Å². The van der Waals surface area contributed by atoms with Crippen molar-refractivity contribution in [2.45, 2.75) is 31.5 Å². The van der Waals surface area contributed by atoms with Gasteiger partial charge in [0.1, 0.15) is 15.4 Å². The summed E-state index contributed by atoms with van der Waals surface area (Å²) in [5.74, 6) is -1.92. The van der Waals surface area contributed by atoms with Crippen LogP contribution in [0.5, 0.6) is 0 Å². The van der Waals surface area contributed by atoms with Crippen LogP contribution < -0.4 is 11.3 Å². The summed E-state index contributed by atoms with van der Waals surface area (Å²) in [7, 11) is 2.18. The van der Waals surface area contributed by atoms with Gasteiger partial charge in [0, 0.05) is 11.5 Å². The number of carbonyl (C=O) groups excluding carboxylic acids is 2. The molecule has 0 spiro atoms. The number of aromatic nitrogens is 2. The van der Waals surface area contributed by atoms with E-state index >= 15 is 0 Å². The Morgan fingerprint density at radius 1 is 1.28 bits per heavy atom. The number of esters is 2. The van der Waals surface area contributed by atoms with Gasteiger partial charge < -0.3 is 15.2 Å². The average Bonchev–Trinajstić information content (AvgIpc) is 3.45.